The van der Waals surface area contributed by atoms with Crippen molar-refractivity contribution in [3.05, 3.63) is 41.0 Å². The van der Waals surface area contributed by atoms with Gasteiger partial charge in [0.1, 0.15) is 5.75 Å². The molecule has 1 fully saturated rings. The fourth-order valence-electron chi connectivity index (χ4n) is 3.01. The number of benzene rings is 1. The van der Waals surface area contributed by atoms with Crippen LogP contribution in [0.5, 0.6) is 11.8 Å². The molecule has 162 valence electrons. The Hall–Kier alpha value is -3.11. The van der Waals surface area contributed by atoms with Crippen molar-refractivity contribution in [2.45, 2.75) is 13.3 Å². The second-order valence-electron chi connectivity index (χ2n) is 7.14. The quantitative estimate of drug-likeness (QED) is 0.578. The summed E-state index contributed by atoms with van der Waals surface area (Å²) in [7, 11) is 3.44. The molecule has 1 amide bonds. The first-order chi connectivity index (χ1) is 15.0. The lowest BCUT2D eigenvalue weighted by Crippen LogP contribution is -2.37. The van der Waals surface area contributed by atoms with Gasteiger partial charge in [0.25, 0.3) is 5.91 Å². The summed E-state index contributed by atoms with van der Waals surface area (Å²) >= 11 is 1.56. The number of rotatable bonds is 6. The lowest BCUT2D eigenvalue weighted by molar-refractivity contribution is 0.0827. The topological polar surface area (TPSA) is 93.6 Å². The lowest BCUT2D eigenvalue weighted by atomic mass is 10.2. The van der Waals surface area contributed by atoms with E-state index in [1.807, 2.05) is 0 Å². The van der Waals surface area contributed by atoms with E-state index >= 15 is 0 Å². The monoisotopic (exact) mass is 440 g/mol. The smallest absolute Gasteiger partial charge is 0.327 e. The normalized spacial score (nSPS) is 13.8. The predicted molar refractivity (Wildman–Crippen MR) is 118 cm³/mol. The van der Waals surface area contributed by atoms with Crippen LogP contribution >= 0.6 is 11.3 Å². The Bertz CT molecular complexity index is 1050. The van der Waals surface area contributed by atoms with Gasteiger partial charge in [-0.25, -0.2) is 4.98 Å². The average Bonchev–Trinajstić information content (AvgIpc) is 3.29. The third-order valence-corrected chi connectivity index (χ3v) is 5.83. The molecule has 3 aromatic rings. The number of carbonyl (C=O) groups excluding carboxylic acids is 1. The number of carbonyl (C=O) groups is 1. The van der Waals surface area contributed by atoms with Crippen molar-refractivity contribution in [2.75, 3.05) is 45.3 Å². The number of morpholine rings is 1. The van der Waals surface area contributed by atoms with Crippen LogP contribution in [0.2, 0.25) is 0 Å². The average molecular weight is 441 g/mol. The van der Waals surface area contributed by atoms with E-state index in [9.17, 15) is 4.79 Å². The Morgan fingerprint density at radius 2 is 1.90 bits per heavy atom. The van der Waals surface area contributed by atoms with Crippen LogP contribution in [-0.2, 0) is 11.2 Å². The highest BCUT2D eigenvalue weighted by atomic mass is 32.1. The third kappa shape index (κ3) is 4.97. The second-order valence-corrected chi connectivity index (χ2v) is 8.25. The Morgan fingerprint density at radius 1 is 1.16 bits per heavy atom. The van der Waals surface area contributed by atoms with E-state index in [1.54, 1.807) is 55.9 Å². The van der Waals surface area contributed by atoms with Crippen LogP contribution in [0.25, 0.3) is 10.7 Å². The molecule has 0 bridgehead atoms. The molecule has 0 atom stereocenters. The molecular weight excluding hydrogens is 416 g/mol. The Morgan fingerprint density at radius 3 is 2.55 bits per heavy atom. The van der Waals surface area contributed by atoms with Gasteiger partial charge in [0.05, 0.1) is 23.1 Å². The van der Waals surface area contributed by atoms with Crippen molar-refractivity contribution in [2.24, 2.45) is 0 Å². The number of amides is 1. The van der Waals surface area contributed by atoms with E-state index in [0.717, 1.165) is 16.3 Å². The number of anilines is 1. The van der Waals surface area contributed by atoms with Gasteiger partial charge in [0, 0.05) is 38.9 Å². The van der Waals surface area contributed by atoms with Crippen molar-refractivity contribution in [1.82, 2.24) is 24.8 Å². The Balaban J connectivity index is 1.64. The van der Waals surface area contributed by atoms with E-state index in [4.69, 9.17) is 9.47 Å². The van der Waals surface area contributed by atoms with Crippen LogP contribution in [0.15, 0.2) is 30.5 Å². The molecule has 3 heterocycles. The fraction of sp³-hybridized carbons (Fsp3) is 0.381. The van der Waals surface area contributed by atoms with Gasteiger partial charge in [-0.1, -0.05) is 6.92 Å². The molecule has 0 aliphatic carbocycles. The maximum absolute atomic E-state index is 12.1. The van der Waals surface area contributed by atoms with Crippen molar-refractivity contribution in [3.8, 4) is 22.5 Å². The van der Waals surface area contributed by atoms with E-state index in [0.29, 0.717) is 49.4 Å². The highest BCUT2D eigenvalue weighted by Gasteiger charge is 2.19. The van der Waals surface area contributed by atoms with Crippen molar-refractivity contribution in [1.29, 1.82) is 0 Å². The summed E-state index contributed by atoms with van der Waals surface area (Å²) in [4.78, 5) is 34.7. The van der Waals surface area contributed by atoms with Gasteiger partial charge in [0.2, 0.25) is 5.95 Å². The summed E-state index contributed by atoms with van der Waals surface area (Å²) in [6.45, 7) is 4.72. The Kier molecular flexibility index (Phi) is 6.38. The summed E-state index contributed by atoms with van der Waals surface area (Å²) in [5.74, 6) is 1.55. The van der Waals surface area contributed by atoms with Crippen molar-refractivity contribution in [3.63, 3.8) is 0 Å². The Labute approximate surface area is 184 Å². The summed E-state index contributed by atoms with van der Waals surface area (Å²) in [5.41, 5.74) is 0.583. The van der Waals surface area contributed by atoms with Crippen LogP contribution in [0, 0.1) is 0 Å². The van der Waals surface area contributed by atoms with Gasteiger partial charge in [-0.2, -0.15) is 15.0 Å². The second kappa shape index (κ2) is 9.36. The molecule has 0 N–H and O–H groups in total. The maximum atomic E-state index is 12.1. The molecule has 0 spiro atoms. The number of ether oxygens (including phenoxy) is 2. The molecular formula is C21H24N6O3S. The molecule has 31 heavy (non-hydrogen) atoms. The van der Waals surface area contributed by atoms with Crippen LogP contribution in [0.3, 0.4) is 0 Å². The number of nitrogens with zero attached hydrogens (tertiary/aromatic N) is 6. The number of hydrogen-bond acceptors (Lipinski definition) is 9. The number of aromatic nitrogens is 4. The first kappa shape index (κ1) is 21.1. The molecule has 0 radical (unpaired) electrons. The number of hydrogen-bond donors (Lipinski definition) is 0. The van der Waals surface area contributed by atoms with E-state index in [-0.39, 0.29) is 11.9 Å². The zero-order valence-electron chi connectivity index (χ0n) is 17.7. The van der Waals surface area contributed by atoms with Crippen molar-refractivity contribution < 1.29 is 14.3 Å². The van der Waals surface area contributed by atoms with Crippen LogP contribution in [0.4, 0.5) is 5.95 Å². The number of aryl methyl sites for hydroxylation is 1. The summed E-state index contributed by atoms with van der Waals surface area (Å²) in [6, 6.07) is 7.11. The maximum Gasteiger partial charge on any atom is 0.327 e. The predicted octanol–water partition coefficient (Wildman–Crippen LogP) is 2.89. The SMILES string of the molecule is CCc1ncc(-c2nc(Oc3ccc(C(=O)N(C)C)cc3)nc(N3CCOCC3)n2)s1. The minimum Gasteiger partial charge on any atom is -0.424 e. The third-order valence-electron chi connectivity index (χ3n) is 4.69. The highest BCUT2D eigenvalue weighted by molar-refractivity contribution is 7.15. The minimum atomic E-state index is -0.0690. The van der Waals surface area contributed by atoms with E-state index in [1.165, 1.54) is 4.90 Å². The lowest BCUT2D eigenvalue weighted by Gasteiger charge is -2.26. The molecule has 0 unspecified atom stereocenters. The first-order valence-electron chi connectivity index (χ1n) is 10.1. The number of thiazole rings is 1. The van der Waals surface area contributed by atoms with Gasteiger partial charge >= 0.3 is 6.01 Å². The fourth-order valence-corrected chi connectivity index (χ4v) is 3.80. The summed E-state index contributed by atoms with van der Waals surface area (Å²) < 4.78 is 11.4. The molecule has 10 heteroatoms. The molecule has 0 saturated carbocycles. The molecule has 1 aliphatic rings. The zero-order valence-corrected chi connectivity index (χ0v) is 18.6. The van der Waals surface area contributed by atoms with Gasteiger partial charge in [-0.05, 0) is 30.7 Å². The highest BCUT2D eigenvalue weighted by Crippen LogP contribution is 2.28. The van der Waals surface area contributed by atoms with Gasteiger partial charge in [-0.3, -0.25) is 4.79 Å². The van der Waals surface area contributed by atoms with E-state index in [2.05, 4.69) is 31.8 Å². The standard InChI is InChI=1S/C21H24N6O3S/c1-4-17-22-13-16(31-17)18-23-20(27-9-11-29-12-10-27)25-21(24-18)30-15-7-5-14(6-8-15)19(28)26(2)3/h5-8,13H,4,9-12H2,1-3H3. The first-order valence-corrected chi connectivity index (χ1v) is 10.9. The molecule has 9 nitrogen and oxygen atoms in total. The molecule has 1 aliphatic heterocycles. The molecule has 1 saturated heterocycles. The molecule has 1 aromatic carbocycles. The molecule has 4 rings (SSSR count). The minimum absolute atomic E-state index is 0.0690. The van der Waals surface area contributed by atoms with Crippen LogP contribution in [-0.4, -0.2) is 71.1 Å². The summed E-state index contributed by atoms with van der Waals surface area (Å²) in [6.07, 6.45) is 2.64. The van der Waals surface area contributed by atoms with Gasteiger partial charge in [0.15, 0.2) is 5.82 Å². The van der Waals surface area contributed by atoms with Crippen molar-refractivity contribution >= 4 is 23.2 Å². The zero-order chi connectivity index (χ0) is 21.8. The summed E-state index contributed by atoms with van der Waals surface area (Å²) in [5, 5.41) is 1.02. The largest absolute Gasteiger partial charge is 0.424 e. The van der Waals surface area contributed by atoms with Crippen LogP contribution < -0.4 is 9.64 Å². The van der Waals surface area contributed by atoms with Gasteiger partial charge in [-0.15, -0.1) is 11.3 Å². The van der Waals surface area contributed by atoms with Gasteiger partial charge < -0.3 is 19.3 Å². The van der Waals surface area contributed by atoms with E-state index < -0.39 is 0 Å². The van der Waals surface area contributed by atoms with Crippen LogP contribution in [0.1, 0.15) is 22.3 Å². The molecule has 2 aromatic heterocycles.